The molecule has 2 saturated heterocycles. The zero-order valence-corrected chi connectivity index (χ0v) is 17.4. The van der Waals surface area contributed by atoms with Crippen LogP contribution < -0.4 is 0 Å². The van der Waals surface area contributed by atoms with Crippen molar-refractivity contribution in [2.45, 2.75) is 51.2 Å². The van der Waals surface area contributed by atoms with Crippen LogP contribution in [0.25, 0.3) is 0 Å². The molecule has 1 N–H and O–H groups in total. The van der Waals surface area contributed by atoms with E-state index in [-0.39, 0.29) is 17.2 Å². The molecular formula is C19H31N5O3S. The third-order valence-corrected chi connectivity index (χ3v) is 6.53. The van der Waals surface area contributed by atoms with Crippen LogP contribution in [0.5, 0.6) is 0 Å². The number of aryl methyl sites for hydroxylation is 1. The minimum Gasteiger partial charge on any atom is -0.391 e. The van der Waals surface area contributed by atoms with E-state index in [9.17, 15) is 14.7 Å². The second kappa shape index (κ2) is 9.73. The van der Waals surface area contributed by atoms with E-state index in [4.69, 9.17) is 0 Å². The van der Waals surface area contributed by atoms with E-state index < -0.39 is 6.10 Å². The van der Waals surface area contributed by atoms with Crippen LogP contribution in [0.2, 0.25) is 0 Å². The molecule has 9 heteroatoms. The van der Waals surface area contributed by atoms with Gasteiger partial charge in [0.2, 0.25) is 11.8 Å². The Morgan fingerprint density at radius 2 is 1.96 bits per heavy atom. The number of piperidine rings is 2. The van der Waals surface area contributed by atoms with Gasteiger partial charge in [-0.05, 0) is 37.4 Å². The third-order valence-electron chi connectivity index (χ3n) is 5.92. The molecule has 0 bridgehead atoms. The van der Waals surface area contributed by atoms with Crippen LogP contribution >= 0.6 is 11.8 Å². The lowest BCUT2D eigenvalue weighted by Gasteiger charge is -2.49. The fourth-order valence-electron chi connectivity index (χ4n) is 4.38. The molecule has 1 unspecified atom stereocenters. The molecule has 0 aliphatic carbocycles. The number of hydrogen-bond acceptors (Lipinski definition) is 6. The summed E-state index contributed by atoms with van der Waals surface area (Å²) in [6.07, 6.45) is 8.86. The Labute approximate surface area is 170 Å². The Kier molecular flexibility index (Phi) is 7.34. The van der Waals surface area contributed by atoms with Crippen LogP contribution in [0.3, 0.4) is 0 Å². The monoisotopic (exact) mass is 409 g/mol. The fraction of sp³-hybridized carbons (Fsp3) is 0.789. The van der Waals surface area contributed by atoms with Gasteiger partial charge in [-0.1, -0.05) is 0 Å². The summed E-state index contributed by atoms with van der Waals surface area (Å²) in [4.78, 5) is 32.7. The zero-order chi connectivity index (χ0) is 20.0. The van der Waals surface area contributed by atoms with Gasteiger partial charge in [0.15, 0.2) is 0 Å². The van der Waals surface area contributed by atoms with Crippen LogP contribution in [0.1, 0.15) is 38.5 Å². The molecule has 2 aliphatic rings. The molecule has 8 nitrogen and oxygen atoms in total. The quantitative estimate of drug-likeness (QED) is 0.723. The molecule has 156 valence electrons. The lowest BCUT2D eigenvalue weighted by molar-refractivity contribution is -0.143. The van der Waals surface area contributed by atoms with E-state index in [1.165, 1.54) is 6.33 Å². The highest BCUT2D eigenvalue weighted by Crippen LogP contribution is 2.40. The highest BCUT2D eigenvalue weighted by Gasteiger charge is 2.43. The second-order valence-electron chi connectivity index (χ2n) is 8.02. The Morgan fingerprint density at radius 3 is 2.64 bits per heavy atom. The standard InChI is InChI=1S/C19H31N5O3S/c1-28-10-4-18(27)22-8-5-19(6-9-22)11-16(25)12-23(13-19)17(26)3-2-7-24-15-20-14-21-24/h14-16,25H,2-13H2,1H3. The van der Waals surface area contributed by atoms with E-state index in [0.717, 1.165) is 38.1 Å². The zero-order valence-electron chi connectivity index (χ0n) is 16.6. The number of aromatic nitrogens is 3. The summed E-state index contributed by atoms with van der Waals surface area (Å²) in [6.45, 7) is 3.24. The van der Waals surface area contributed by atoms with Crippen LogP contribution in [-0.4, -0.2) is 85.8 Å². The van der Waals surface area contributed by atoms with E-state index in [1.54, 1.807) is 22.8 Å². The third kappa shape index (κ3) is 5.47. The summed E-state index contributed by atoms with van der Waals surface area (Å²) < 4.78 is 1.73. The predicted octanol–water partition coefficient (Wildman–Crippen LogP) is 1.01. The first-order valence-corrected chi connectivity index (χ1v) is 11.5. The number of rotatable bonds is 7. The van der Waals surface area contributed by atoms with Crippen molar-refractivity contribution in [3.05, 3.63) is 12.7 Å². The Hall–Kier alpha value is -1.61. The SMILES string of the molecule is CSCCC(=O)N1CCC2(CC1)CC(O)CN(C(=O)CCCn1cncn1)C2. The largest absolute Gasteiger partial charge is 0.391 e. The van der Waals surface area contributed by atoms with Gasteiger partial charge >= 0.3 is 0 Å². The van der Waals surface area contributed by atoms with Crippen molar-refractivity contribution in [2.75, 3.05) is 38.2 Å². The summed E-state index contributed by atoms with van der Waals surface area (Å²) in [5, 5.41) is 14.5. The molecule has 3 heterocycles. The molecule has 1 spiro atoms. The van der Waals surface area contributed by atoms with Crippen molar-refractivity contribution < 1.29 is 14.7 Å². The van der Waals surface area contributed by atoms with Crippen molar-refractivity contribution in [2.24, 2.45) is 5.41 Å². The van der Waals surface area contributed by atoms with Gasteiger partial charge in [-0.25, -0.2) is 4.98 Å². The van der Waals surface area contributed by atoms with Gasteiger partial charge in [-0.15, -0.1) is 0 Å². The van der Waals surface area contributed by atoms with Gasteiger partial charge in [-0.2, -0.15) is 16.9 Å². The van der Waals surface area contributed by atoms with Crippen LogP contribution in [0.4, 0.5) is 0 Å². The fourth-order valence-corrected chi connectivity index (χ4v) is 4.76. The first-order valence-electron chi connectivity index (χ1n) is 10.1. The maximum Gasteiger partial charge on any atom is 0.223 e. The summed E-state index contributed by atoms with van der Waals surface area (Å²) in [5.74, 6) is 1.18. The minimum absolute atomic E-state index is 0.0600. The number of likely N-dealkylation sites (tertiary alicyclic amines) is 2. The maximum absolute atomic E-state index is 12.7. The first kappa shape index (κ1) is 21.1. The van der Waals surface area contributed by atoms with Gasteiger partial charge < -0.3 is 14.9 Å². The number of nitrogens with zero attached hydrogens (tertiary/aromatic N) is 5. The van der Waals surface area contributed by atoms with Crippen LogP contribution in [-0.2, 0) is 16.1 Å². The topological polar surface area (TPSA) is 91.6 Å². The maximum atomic E-state index is 12.7. The normalized spacial score (nSPS) is 21.9. The van der Waals surface area contributed by atoms with E-state index in [2.05, 4.69) is 10.1 Å². The molecule has 3 rings (SSSR count). The van der Waals surface area contributed by atoms with Crippen molar-refractivity contribution in [3.63, 3.8) is 0 Å². The summed E-state index contributed by atoms with van der Waals surface area (Å²) in [6, 6.07) is 0. The second-order valence-corrected chi connectivity index (χ2v) is 9.00. The molecule has 1 atom stereocenters. The molecule has 0 aromatic carbocycles. The number of amides is 2. The number of hydrogen-bond donors (Lipinski definition) is 1. The van der Waals surface area contributed by atoms with E-state index >= 15 is 0 Å². The molecule has 0 saturated carbocycles. The van der Waals surface area contributed by atoms with E-state index in [0.29, 0.717) is 38.9 Å². The molecule has 2 fully saturated rings. The Bertz CT molecular complexity index is 646. The van der Waals surface area contributed by atoms with Gasteiger partial charge in [-0.3, -0.25) is 14.3 Å². The minimum atomic E-state index is -0.480. The average Bonchev–Trinajstić information content (AvgIpc) is 3.19. The van der Waals surface area contributed by atoms with E-state index in [1.807, 2.05) is 16.1 Å². The molecule has 1 aromatic heterocycles. The van der Waals surface area contributed by atoms with Crippen molar-refractivity contribution in [1.29, 1.82) is 0 Å². The number of aliphatic hydroxyl groups excluding tert-OH is 1. The lowest BCUT2D eigenvalue weighted by Crippen LogP contribution is -2.55. The van der Waals surface area contributed by atoms with Crippen LogP contribution in [0, 0.1) is 5.41 Å². The highest BCUT2D eigenvalue weighted by atomic mass is 32.2. The number of thioether (sulfide) groups is 1. The van der Waals surface area contributed by atoms with Gasteiger partial charge in [0.1, 0.15) is 12.7 Å². The number of β-amino-alcohol motifs (C(OH)–C–C–N with tert-alkyl or cyclic N) is 1. The molecule has 0 radical (unpaired) electrons. The Morgan fingerprint density at radius 1 is 1.21 bits per heavy atom. The smallest absolute Gasteiger partial charge is 0.223 e. The van der Waals surface area contributed by atoms with Crippen molar-refractivity contribution in [3.8, 4) is 0 Å². The number of aliphatic hydroxyl groups is 1. The van der Waals surface area contributed by atoms with Crippen LogP contribution in [0.15, 0.2) is 12.7 Å². The molecule has 1 aromatic rings. The predicted molar refractivity (Wildman–Crippen MR) is 108 cm³/mol. The molecular weight excluding hydrogens is 378 g/mol. The summed E-state index contributed by atoms with van der Waals surface area (Å²) >= 11 is 1.69. The number of carbonyl (C=O) groups excluding carboxylic acids is 2. The van der Waals surface area contributed by atoms with Gasteiger partial charge in [0.25, 0.3) is 0 Å². The van der Waals surface area contributed by atoms with Crippen molar-refractivity contribution in [1.82, 2.24) is 24.6 Å². The summed E-state index contributed by atoms with van der Waals surface area (Å²) in [5.41, 5.74) is -0.0600. The Balaban J connectivity index is 1.49. The summed E-state index contributed by atoms with van der Waals surface area (Å²) in [7, 11) is 0. The van der Waals surface area contributed by atoms with Crippen molar-refractivity contribution >= 4 is 23.6 Å². The lowest BCUT2D eigenvalue weighted by atomic mass is 9.71. The molecule has 2 aliphatic heterocycles. The van der Waals surface area contributed by atoms with Gasteiger partial charge in [0, 0.05) is 51.3 Å². The van der Waals surface area contributed by atoms with Gasteiger partial charge in [0.05, 0.1) is 6.10 Å². The molecule has 2 amide bonds. The highest BCUT2D eigenvalue weighted by molar-refractivity contribution is 7.98. The average molecular weight is 410 g/mol. The molecule has 28 heavy (non-hydrogen) atoms. The number of carbonyl (C=O) groups is 2. The first-order chi connectivity index (χ1) is 13.5.